The van der Waals surface area contributed by atoms with E-state index in [9.17, 15) is 0 Å². The number of hydrogen-bond donors (Lipinski definition) is 1. The molecule has 2 rings (SSSR count). The van der Waals surface area contributed by atoms with Crippen LogP contribution in [0.2, 0.25) is 0 Å². The highest BCUT2D eigenvalue weighted by Gasteiger charge is 2.17. The largest absolute Gasteiger partial charge is 0.382 e. The zero-order chi connectivity index (χ0) is 10.3. The van der Waals surface area contributed by atoms with Gasteiger partial charge in [-0.1, -0.05) is 26.8 Å². The topological polar surface area (TPSA) is 43.3 Å². The molecule has 0 saturated carbocycles. The predicted molar refractivity (Wildman–Crippen MR) is 58.3 cm³/mol. The third kappa shape index (κ3) is 1.35. The Balaban J connectivity index is 2.77. The van der Waals surface area contributed by atoms with Gasteiger partial charge in [0.1, 0.15) is 11.5 Å². The smallest absolute Gasteiger partial charge is 0.142 e. The zero-order valence-electron chi connectivity index (χ0n) is 8.78. The fourth-order valence-corrected chi connectivity index (χ4v) is 1.64. The Morgan fingerprint density at radius 3 is 2.64 bits per heavy atom. The summed E-state index contributed by atoms with van der Waals surface area (Å²) in [5, 5.41) is 0. The van der Waals surface area contributed by atoms with E-state index in [0.717, 1.165) is 5.65 Å². The van der Waals surface area contributed by atoms with Gasteiger partial charge in [-0.05, 0) is 12.1 Å². The number of anilines is 1. The van der Waals surface area contributed by atoms with Crippen LogP contribution in [0.3, 0.4) is 0 Å². The van der Waals surface area contributed by atoms with Crippen LogP contribution in [-0.2, 0) is 5.41 Å². The third-order valence-corrected chi connectivity index (χ3v) is 2.28. The molecule has 14 heavy (non-hydrogen) atoms. The fraction of sp³-hybridized carbons (Fsp3) is 0.364. The summed E-state index contributed by atoms with van der Waals surface area (Å²) >= 11 is 0. The van der Waals surface area contributed by atoms with Crippen molar-refractivity contribution in [2.24, 2.45) is 0 Å². The lowest BCUT2D eigenvalue weighted by Gasteiger charge is -2.20. The molecule has 0 bridgehead atoms. The number of hydrogen-bond acceptors (Lipinski definition) is 2. The Bertz CT molecular complexity index is 463. The van der Waals surface area contributed by atoms with E-state index in [1.165, 1.54) is 5.69 Å². The molecular formula is C11H15N3. The SMILES string of the molecule is CC(C)(C)c1cccc2nc(N)cn12. The first-order valence-corrected chi connectivity index (χ1v) is 4.72. The summed E-state index contributed by atoms with van der Waals surface area (Å²) in [5.74, 6) is 0.571. The molecule has 0 aliphatic heterocycles. The van der Waals surface area contributed by atoms with E-state index in [1.807, 2.05) is 18.3 Å². The van der Waals surface area contributed by atoms with Crippen LogP contribution in [0.25, 0.3) is 5.65 Å². The summed E-state index contributed by atoms with van der Waals surface area (Å²) in [6.07, 6.45) is 1.87. The monoisotopic (exact) mass is 189 g/mol. The number of nitrogen functional groups attached to an aromatic ring is 1. The van der Waals surface area contributed by atoms with E-state index in [1.54, 1.807) is 0 Å². The number of rotatable bonds is 0. The molecule has 0 saturated heterocycles. The van der Waals surface area contributed by atoms with Crippen molar-refractivity contribution in [3.63, 3.8) is 0 Å². The van der Waals surface area contributed by atoms with E-state index in [-0.39, 0.29) is 5.41 Å². The molecule has 2 aromatic heterocycles. The minimum Gasteiger partial charge on any atom is -0.382 e. The Hall–Kier alpha value is -1.51. The quantitative estimate of drug-likeness (QED) is 0.690. The Labute approximate surface area is 83.6 Å². The van der Waals surface area contributed by atoms with Crippen molar-refractivity contribution in [1.82, 2.24) is 9.38 Å². The molecule has 74 valence electrons. The third-order valence-electron chi connectivity index (χ3n) is 2.28. The molecule has 3 nitrogen and oxygen atoms in total. The summed E-state index contributed by atoms with van der Waals surface area (Å²) in [6, 6.07) is 6.09. The van der Waals surface area contributed by atoms with Crippen molar-refractivity contribution in [3.8, 4) is 0 Å². The highest BCUT2D eigenvalue weighted by atomic mass is 15.0. The van der Waals surface area contributed by atoms with Crippen LogP contribution in [-0.4, -0.2) is 9.38 Å². The second-order valence-corrected chi connectivity index (χ2v) is 4.55. The molecule has 2 heterocycles. The minimum atomic E-state index is 0.104. The maximum atomic E-state index is 5.67. The van der Waals surface area contributed by atoms with Gasteiger partial charge in [0.2, 0.25) is 0 Å². The lowest BCUT2D eigenvalue weighted by atomic mass is 9.91. The van der Waals surface area contributed by atoms with Crippen molar-refractivity contribution < 1.29 is 0 Å². The van der Waals surface area contributed by atoms with E-state index >= 15 is 0 Å². The standard InChI is InChI=1S/C11H15N3/c1-11(2,3)8-5-4-6-10-13-9(12)7-14(8)10/h4-7H,12H2,1-3H3. The van der Waals surface area contributed by atoms with Crippen molar-refractivity contribution >= 4 is 11.5 Å². The molecule has 0 spiro atoms. The fourth-order valence-electron chi connectivity index (χ4n) is 1.64. The molecule has 0 aliphatic carbocycles. The first-order chi connectivity index (χ1) is 6.48. The minimum absolute atomic E-state index is 0.104. The van der Waals surface area contributed by atoms with E-state index in [2.05, 4.69) is 36.2 Å². The summed E-state index contributed by atoms with van der Waals surface area (Å²) in [6.45, 7) is 6.54. The molecule has 0 amide bonds. The highest BCUT2D eigenvalue weighted by molar-refractivity contribution is 5.48. The van der Waals surface area contributed by atoms with Gasteiger partial charge in [0, 0.05) is 11.1 Å². The molecule has 2 aromatic rings. The van der Waals surface area contributed by atoms with Gasteiger partial charge in [0.15, 0.2) is 0 Å². The van der Waals surface area contributed by atoms with Crippen LogP contribution in [0.5, 0.6) is 0 Å². The first kappa shape index (κ1) is 9.06. The van der Waals surface area contributed by atoms with Gasteiger partial charge in [-0.15, -0.1) is 0 Å². The summed E-state index contributed by atoms with van der Waals surface area (Å²) < 4.78 is 2.05. The highest BCUT2D eigenvalue weighted by Crippen LogP contribution is 2.23. The first-order valence-electron chi connectivity index (χ1n) is 4.72. The van der Waals surface area contributed by atoms with Crippen LogP contribution in [0.15, 0.2) is 24.4 Å². The molecule has 2 N–H and O–H groups in total. The second kappa shape index (κ2) is 2.74. The number of imidazole rings is 1. The Morgan fingerprint density at radius 1 is 1.29 bits per heavy atom. The number of pyridine rings is 1. The Morgan fingerprint density at radius 2 is 2.00 bits per heavy atom. The second-order valence-electron chi connectivity index (χ2n) is 4.55. The molecule has 3 heteroatoms. The number of fused-ring (bicyclic) bond motifs is 1. The van der Waals surface area contributed by atoms with E-state index in [0.29, 0.717) is 5.82 Å². The zero-order valence-corrected chi connectivity index (χ0v) is 8.78. The number of aromatic nitrogens is 2. The van der Waals surface area contributed by atoms with Crippen molar-refractivity contribution in [1.29, 1.82) is 0 Å². The number of nitrogens with zero attached hydrogens (tertiary/aromatic N) is 2. The van der Waals surface area contributed by atoms with Gasteiger partial charge in [0.05, 0.1) is 6.20 Å². The Kier molecular flexibility index (Phi) is 1.77. The van der Waals surface area contributed by atoms with Crippen molar-refractivity contribution in [2.75, 3.05) is 5.73 Å². The normalized spacial score (nSPS) is 12.2. The molecule has 0 unspecified atom stereocenters. The van der Waals surface area contributed by atoms with Gasteiger partial charge < -0.3 is 10.1 Å². The van der Waals surface area contributed by atoms with Gasteiger partial charge in [-0.3, -0.25) is 0 Å². The molecule has 0 fully saturated rings. The van der Waals surface area contributed by atoms with Gasteiger partial charge in [0.25, 0.3) is 0 Å². The lowest BCUT2D eigenvalue weighted by molar-refractivity contribution is 0.561. The van der Waals surface area contributed by atoms with Crippen LogP contribution in [0.1, 0.15) is 26.5 Å². The molecule has 0 aromatic carbocycles. The molecule has 0 atom stereocenters. The van der Waals surface area contributed by atoms with Crippen molar-refractivity contribution in [2.45, 2.75) is 26.2 Å². The van der Waals surface area contributed by atoms with Gasteiger partial charge in [-0.2, -0.15) is 0 Å². The van der Waals surface area contributed by atoms with Crippen LogP contribution < -0.4 is 5.73 Å². The van der Waals surface area contributed by atoms with Crippen LogP contribution in [0.4, 0.5) is 5.82 Å². The summed E-state index contributed by atoms with van der Waals surface area (Å²) in [4.78, 5) is 4.23. The maximum Gasteiger partial charge on any atom is 0.142 e. The maximum absolute atomic E-state index is 5.67. The molecule has 0 radical (unpaired) electrons. The van der Waals surface area contributed by atoms with Crippen LogP contribution >= 0.6 is 0 Å². The predicted octanol–water partition coefficient (Wildman–Crippen LogP) is 2.21. The average Bonchev–Trinajstić information content (AvgIpc) is 2.41. The average molecular weight is 189 g/mol. The summed E-state index contributed by atoms with van der Waals surface area (Å²) in [7, 11) is 0. The van der Waals surface area contributed by atoms with E-state index in [4.69, 9.17) is 5.73 Å². The molecule has 0 aliphatic rings. The molecular weight excluding hydrogens is 174 g/mol. The van der Waals surface area contributed by atoms with Crippen LogP contribution in [0, 0.1) is 0 Å². The van der Waals surface area contributed by atoms with Crippen molar-refractivity contribution in [3.05, 3.63) is 30.1 Å². The van der Waals surface area contributed by atoms with Gasteiger partial charge in [-0.25, -0.2) is 4.98 Å². The van der Waals surface area contributed by atoms with Gasteiger partial charge >= 0.3 is 0 Å². The summed E-state index contributed by atoms with van der Waals surface area (Å²) in [5.41, 5.74) is 7.91. The van der Waals surface area contributed by atoms with E-state index < -0.39 is 0 Å². The number of nitrogens with two attached hydrogens (primary N) is 1. The lowest BCUT2D eigenvalue weighted by Crippen LogP contribution is -2.15.